The summed E-state index contributed by atoms with van der Waals surface area (Å²) in [7, 11) is 0. The van der Waals surface area contributed by atoms with Crippen LogP contribution in [0.25, 0.3) is 0 Å². The van der Waals surface area contributed by atoms with Gasteiger partial charge in [-0.05, 0) is 0 Å². The van der Waals surface area contributed by atoms with Crippen LogP contribution in [0.3, 0.4) is 0 Å². The van der Waals surface area contributed by atoms with Crippen LogP contribution in [0.5, 0.6) is 0 Å². The number of hydrogen-bond donors (Lipinski definition) is 0. The molecule has 0 heterocycles. The Morgan fingerprint density at radius 3 is 1.00 bits per heavy atom. The summed E-state index contributed by atoms with van der Waals surface area (Å²) in [5.74, 6) is 0. The maximum Gasteiger partial charge on any atom is 2.00 e. The first-order chi connectivity index (χ1) is 2.00. The van der Waals surface area contributed by atoms with Gasteiger partial charge in [0.05, 0.1) is 0 Å². The summed E-state index contributed by atoms with van der Waals surface area (Å²) in [6.45, 7) is 0. The zero-order chi connectivity index (χ0) is 4.50. The third-order valence-corrected chi connectivity index (χ3v) is 0. The van der Waals surface area contributed by atoms with Gasteiger partial charge in [0.15, 0.2) is 0 Å². The monoisotopic (exact) mass is 566 g/mol. The van der Waals surface area contributed by atoms with Gasteiger partial charge in [-0.2, -0.15) is 0 Å². The zero-order valence-electron chi connectivity index (χ0n) is 4.72. The van der Waals surface area contributed by atoms with Crippen molar-refractivity contribution in [3.8, 4) is 0 Å². The number of halogens is 4. The van der Waals surface area contributed by atoms with E-state index < -0.39 is 11.5 Å². The van der Waals surface area contributed by atoms with E-state index in [-0.39, 0.29) is 40.6 Å². The van der Waals surface area contributed by atoms with E-state index in [1.807, 2.05) is 0 Å². The Balaban J connectivity index is -0.0000000267. The van der Waals surface area contributed by atoms with Crippen LogP contribution in [0.2, 0.25) is 0 Å². The number of rotatable bonds is 0. The molecule has 0 bridgehead atoms. The van der Waals surface area contributed by atoms with E-state index in [0.717, 1.165) is 0 Å². The Hall–Kier alpha value is 4.10. The van der Waals surface area contributed by atoms with E-state index in [0.29, 0.717) is 0 Å². The van der Waals surface area contributed by atoms with Crippen LogP contribution in [0.15, 0.2) is 0 Å². The van der Waals surface area contributed by atoms with Crippen molar-refractivity contribution in [2.45, 2.75) is 0 Å². The third-order valence-electron chi connectivity index (χ3n) is 0. The Kier molecular flexibility index (Phi) is 12.4. The Morgan fingerprint density at radius 1 is 1.00 bits per heavy atom. The summed E-state index contributed by atoms with van der Waals surface area (Å²) < 4.78 is 0. The van der Waals surface area contributed by atoms with Crippen molar-refractivity contribution < 1.29 is 2.85 Å². The average molecular weight is 569 g/mol. The van der Waals surface area contributed by atoms with Gasteiger partial charge >= 0.3 is 97.2 Å². The van der Waals surface area contributed by atoms with Crippen LogP contribution in [-0.2, 0) is 0 Å². The molecule has 0 saturated carbocycles. The van der Waals surface area contributed by atoms with Crippen LogP contribution in [0.4, 0.5) is 0 Å². The summed E-state index contributed by atoms with van der Waals surface area (Å²) in [5.41, 5.74) is 0. The van der Waals surface area contributed by atoms with Gasteiger partial charge in [-0.25, -0.2) is 0 Å². The van der Waals surface area contributed by atoms with Crippen molar-refractivity contribution in [3.05, 3.63) is 0 Å². The van der Waals surface area contributed by atoms with Crippen LogP contribution in [0.1, 0.15) is 2.85 Å². The fraction of sp³-hybridized carbons (Fsp3) is 0. The summed E-state index contributed by atoms with van der Waals surface area (Å²) >= 11 is 11.4. The van der Waals surface area contributed by atoms with Crippen LogP contribution >= 0.6 is 47.9 Å². The van der Waals surface area contributed by atoms with E-state index >= 15 is 0 Å². The molecule has 0 saturated heterocycles. The van der Waals surface area contributed by atoms with Crippen LogP contribution in [-0.4, -0.2) is 49.3 Å². The molecular weight excluding hydrogens is 567 g/mol. The van der Waals surface area contributed by atoms with Crippen molar-refractivity contribution in [2.75, 3.05) is 0 Å². The second-order valence-electron chi connectivity index (χ2n) is 0.429. The first-order valence-electron chi connectivity index (χ1n) is 0.756. The molecule has 6 heteroatoms. The SMILES string of the molecule is [Br][Pb]([Br])([Br])[Br].[Ca+2].[H-].[H-]. The second-order valence-corrected chi connectivity index (χ2v) is 102. The summed E-state index contributed by atoms with van der Waals surface area (Å²) in [5, 5.41) is 0. The molecule has 0 aromatic heterocycles. The average Bonchev–Trinajstić information content (AvgIpc) is 0.722. The van der Waals surface area contributed by atoms with Gasteiger partial charge in [0.2, 0.25) is 0 Å². The Morgan fingerprint density at radius 2 is 1.00 bits per heavy atom. The largest absolute Gasteiger partial charge is 2.00 e. The van der Waals surface area contributed by atoms with Gasteiger partial charge in [0.1, 0.15) is 0 Å². The van der Waals surface area contributed by atoms with Crippen molar-refractivity contribution in [1.29, 1.82) is 0 Å². The molecule has 0 nitrogen and oxygen atoms in total. The second kappa shape index (κ2) is 5.85. The molecule has 0 aliphatic rings. The van der Waals surface area contributed by atoms with Crippen LogP contribution in [0, 0.1) is 0 Å². The first-order valence-corrected chi connectivity index (χ1v) is 34.5. The van der Waals surface area contributed by atoms with E-state index in [4.69, 9.17) is 0 Å². The minimum absolute atomic E-state index is 0. The van der Waals surface area contributed by atoms with Crippen molar-refractivity contribution in [1.82, 2.24) is 0 Å². The molecule has 0 aromatic carbocycles. The van der Waals surface area contributed by atoms with Gasteiger partial charge < -0.3 is 2.85 Å². The topological polar surface area (TPSA) is 0 Å². The normalized spacial score (nSPS) is 10.0. The molecule has 6 heavy (non-hydrogen) atoms. The molecule has 0 fully saturated rings. The zero-order valence-corrected chi connectivity index (χ0v) is 15.2. The van der Waals surface area contributed by atoms with Crippen LogP contribution < -0.4 is 0 Å². The maximum absolute atomic E-state index is 3.35. The Bertz CT molecular complexity index is 29.5. The fourth-order valence-electron chi connectivity index (χ4n) is 0. The fourth-order valence-corrected chi connectivity index (χ4v) is 0. The van der Waals surface area contributed by atoms with Gasteiger partial charge in [-0.3, -0.25) is 0 Å². The van der Waals surface area contributed by atoms with E-state index in [2.05, 4.69) is 47.9 Å². The first kappa shape index (κ1) is 12.7. The molecular formula is H2Br4CaPb. The quantitative estimate of drug-likeness (QED) is 0.395. The van der Waals surface area contributed by atoms with E-state index in [1.165, 1.54) is 0 Å². The van der Waals surface area contributed by atoms with Crippen molar-refractivity contribution >= 4 is 97.2 Å². The minimum atomic E-state index is -2.03. The molecule has 0 N–H and O–H groups in total. The van der Waals surface area contributed by atoms with Gasteiger partial charge in [0.25, 0.3) is 0 Å². The summed E-state index contributed by atoms with van der Waals surface area (Å²) in [6.07, 6.45) is 0. The van der Waals surface area contributed by atoms with Crippen molar-refractivity contribution in [3.63, 3.8) is 0 Å². The molecule has 0 aliphatic heterocycles. The van der Waals surface area contributed by atoms with E-state index in [1.54, 1.807) is 0 Å². The molecule has 0 aromatic rings. The minimum Gasteiger partial charge on any atom is -1.00 e. The third kappa shape index (κ3) is 24.3. The molecule has 0 amide bonds. The molecule has 0 rings (SSSR count). The summed E-state index contributed by atoms with van der Waals surface area (Å²) in [4.78, 5) is 0. The molecule has 0 radical (unpaired) electrons. The smallest absolute Gasteiger partial charge is 1.00 e. The molecule has 0 unspecified atom stereocenters. The predicted octanol–water partition coefficient (Wildman–Crippen LogP) is 2.85. The molecule has 0 spiro atoms. The number of hydrogen-bond acceptors (Lipinski definition) is 0. The van der Waals surface area contributed by atoms with E-state index in [9.17, 15) is 0 Å². The molecule has 36 valence electrons. The van der Waals surface area contributed by atoms with Crippen molar-refractivity contribution in [2.24, 2.45) is 0 Å². The summed E-state index contributed by atoms with van der Waals surface area (Å²) in [6, 6.07) is 0. The predicted molar refractivity (Wildman–Crippen MR) is 49.4 cm³/mol. The maximum atomic E-state index is 3.35. The molecule has 0 aliphatic carbocycles. The van der Waals surface area contributed by atoms with Gasteiger partial charge in [-0.1, -0.05) is 0 Å². The van der Waals surface area contributed by atoms with Gasteiger partial charge in [-0.15, -0.1) is 0 Å². The Labute approximate surface area is 97.0 Å². The van der Waals surface area contributed by atoms with Gasteiger partial charge in [0, 0.05) is 0 Å². The standard InChI is InChI=1S/4BrH.Ca.Pb.2H/h4*1H;;;;/q;;;;+2;+4;2*-1/p-4. The molecule has 0 atom stereocenters.